The number of allylic oxidation sites excluding steroid dienone is 2. The van der Waals surface area contributed by atoms with Gasteiger partial charge in [0, 0.05) is 12.0 Å². The maximum absolute atomic E-state index is 5.18. The van der Waals surface area contributed by atoms with Gasteiger partial charge in [0.05, 0.1) is 19.1 Å². The summed E-state index contributed by atoms with van der Waals surface area (Å²) >= 11 is 0. The summed E-state index contributed by atoms with van der Waals surface area (Å²) in [7, 11) is 1.58. The zero-order valence-electron chi connectivity index (χ0n) is 8.02. The molecule has 0 N–H and O–H groups in total. The molecule has 0 bridgehead atoms. The molecule has 12 heavy (non-hydrogen) atoms. The summed E-state index contributed by atoms with van der Waals surface area (Å²) in [6.07, 6.45) is 2.40. The van der Waals surface area contributed by atoms with Gasteiger partial charge in [-0.25, -0.2) is 0 Å². The molecule has 0 amide bonds. The van der Waals surface area contributed by atoms with E-state index in [2.05, 4.69) is 13.2 Å². The lowest BCUT2D eigenvalue weighted by Gasteiger charge is -2.05. The quantitative estimate of drug-likeness (QED) is 0.464. The van der Waals surface area contributed by atoms with Crippen LogP contribution < -0.4 is 0 Å². The molecule has 0 aromatic rings. The zero-order chi connectivity index (χ0) is 9.56. The molecule has 0 atom stereocenters. The first-order valence-electron chi connectivity index (χ1n) is 3.86. The van der Waals surface area contributed by atoms with E-state index in [1.165, 1.54) is 0 Å². The molecule has 0 unspecified atom stereocenters. The van der Waals surface area contributed by atoms with E-state index in [4.69, 9.17) is 9.47 Å². The summed E-state index contributed by atoms with van der Waals surface area (Å²) in [6, 6.07) is 0. The minimum atomic E-state index is 0.610. The van der Waals surface area contributed by atoms with Crippen LogP contribution in [0.5, 0.6) is 0 Å². The van der Waals surface area contributed by atoms with E-state index >= 15 is 0 Å². The lowest BCUT2D eigenvalue weighted by atomic mass is 10.3. The van der Waals surface area contributed by atoms with Crippen LogP contribution in [0, 0.1) is 0 Å². The fraction of sp³-hybridized carbons (Fsp3) is 0.400. The van der Waals surface area contributed by atoms with Crippen molar-refractivity contribution in [1.82, 2.24) is 0 Å². The minimum Gasteiger partial charge on any atom is -0.497 e. The van der Waals surface area contributed by atoms with Crippen LogP contribution in [0.25, 0.3) is 0 Å². The Morgan fingerprint density at radius 3 is 2.42 bits per heavy atom. The molecule has 0 heterocycles. The van der Waals surface area contributed by atoms with Crippen molar-refractivity contribution >= 4 is 0 Å². The third kappa shape index (κ3) is 3.86. The van der Waals surface area contributed by atoms with Gasteiger partial charge < -0.3 is 9.47 Å². The van der Waals surface area contributed by atoms with E-state index in [0.717, 1.165) is 17.8 Å². The van der Waals surface area contributed by atoms with E-state index in [9.17, 15) is 0 Å². The van der Waals surface area contributed by atoms with Gasteiger partial charge >= 0.3 is 0 Å². The van der Waals surface area contributed by atoms with Crippen molar-refractivity contribution in [2.24, 2.45) is 0 Å². The second-order valence-electron chi connectivity index (χ2n) is 2.44. The molecule has 0 spiro atoms. The normalized spacial score (nSPS) is 10.8. The summed E-state index contributed by atoms with van der Waals surface area (Å²) < 4.78 is 10.1. The Morgan fingerprint density at radius 1 is 1.42 bits per heavy atom. The van der Waals surface area contributed by atoms with E-state index in [1.54, 1.807) is 13.4 Å². The Morgan fingerprint density at radius 2 is 2.00 bits per heavy atom. The van der Waals surface area contributed by atoms with E-state index in [1.807, 2.05) is 13.8 Å². The van der Waals surface area contributed by atoms with Crippen LogP contribution in [-0.2, 0) is 9.47 Å². The third-order valence-electron chi connectivity index (χ3n) is 1.48. The smallest absolute Gasteiger partial charge is 0.117 e. The van der Waals surface area contributed by atoms with Crippen molar-refractivity contribution in [2.75, 3.05) is 7.11 Å². The SMILES string of the molecule is C=C(CC)OC=C(C)C(=C)OC. The Kier molecular flexibility index (Phi) is 4.93. The van der Waals surface area contributed by atoms with E-state index in [0.29, 0.717) is 5.76 Å². The number of hydrogen-bond donors (Lipinski definition) is 0. The van der Waals surface area contributed by atoms with E-state index < -0.39 is 0 Å². The van der Waals surface area contributed by atoms with E-state index in [-0.39, 0.29) is 0 Å². The van der Waals surface area contributed by atoms with Crippen LogP contribution in [0.4, 0.5) is 0 Å². The van der Waals surface area contributed by atoms with Gasteiger partial charge in [-0.2, -0.15) is 0 Å². The second kappa shape index (κ2) is 5.47. The fourth-order valence-electron chi connectivity index (χ4n) is 0.482. The van der Waals surface area contributed by atoms with Crippen molar-refractivity contribution in [2.45, 2.75) is 20.3 Å². The number of hydrogen-bond acceptors (Lipinski definition) is 2. The van der Waals surface area contributed by atoms with Gasteiger partial charge in [-0.05, 0) is 6.92 Å². The van der Waals surface area contributed by atoms with Crippen LogP contribution in [0.1, 0.15) is 20.3 Å². The molecule has 0 saturated heterocycles. The number of ether oxygens (including phenoxy) is 2. The van der Waals surface area contributed by atoms with Gasteiger partial charge in [0.15, 0.2) is 0 Å². The molecular formula is C10H16O2. The lowest BCUT2D eigenvalue weighted by molar-refractivity contribution is 0.291. The third-order valence-corrected chi connectivity index (χ3v) is 1.48. The summed E-state index contributed by atoms with van der Waals surface area (Å²) in [5.74, 6) is 1.34. The standard InChI is InChI=1S/C10H16O2/c1-6-9(3)12-7-8(2)10(4)11-5/h7H,3-4,6H2,1-2,5H3. The first-order valence-corrected chi connectivity index (χ1v) is 3.86. The highest BCUT2D eigenvalue weighted by atomic mass is 16.5. The van der Waals surface area contributed by atoms with Crippen molar-refractivity contribution in [3.8, 4) is 0 Å². The van der Waals surface area contributed by atoms with Crippen molar-refractivity contribution in [3.63, 3.8) is 0 Å². The molecule has 0 aliphatic heterocycles. The molecule has 0 radical (unpaired) electrons. The Bertz CT molecular complexity index is 202. The lowest BCUT2D eigenvalue weighted by Crippen LogP contribution is -1.88. The number of methoxy groups -OCH3 is 1. The van der Waals surface area contributed by atoms with Crippen molar-refractivity contribution < 1.29 is 9.47 Å². The molecule has 2 nitrogen and oxygen atoms in total. The van der Waals surface area contributed by atoms with Gasteiger partial charge in [0.1, 0.15) is 5.76 Å². The maximum atomic E-state index is 5.18. The fourth-order valence-corrected chi connectivity index (χ4v) is 0.482. The van der Waals surface area contributed by atoms with Crippen molar-refractivity contribution in [3.05, 3.63) is 36.5 Å². The van der Waals surface area contributed by atoms with Crippen LogP contribution in [0.3, 0.4) is 0 Å². The summed E-state index contributed by atoms with van der Waals surface area (Å²) in [5.41, 5.74) is 0.868. The van der Waals surface area contributed by atoms with Crippen LogP contribution in [-0.4, -0.2) is 7.11 Å². The average molecular weight is 168 g/mol. The molecule has 0 aliphatic carbocycles. The summed E-state index contributed by atoms with van der Waals surface area (Å²) in [4.78, 5) is 0. The summed E-state index contributed by atoms with van der Waals surface area (Å²) in [5, 5.41) is 0. The highest BCUT2D eigenvalue weighted by Gasteiger charge is 1.95. The first kappa shape index (κ1) is 10.8. The molecule has 0 saturated carbocycles. The second-order valence-corrected chi connectivity index (χ2v) is 2.44. The Hall–Kier alpha value is -1.18. The first-order chi connectivity index (χ1) is 5.61. The highest BCUT2D eigenvalue weighted by molar-refractivity contribution is 5.18. The Balaban J connectivity index is 4.00. The zero-order valence-corrected chi connectivity index (χ0v) is 8.02. The van der Waals surface area contributed by atoms with Gasteiger partial charge in [0.2, 0.25) is 0 Å². The Labute approximate surface area is 74.2 Å². The maximum Gasteiger partial charge on any atom is 0.117 e. The van der Waals surface area contributed by atoms with Gasteiger partial charge in [-0.3, -0.25) is 0 Å². The molecule has 0 aromatic heterocycles. The van der Waals surface area contributed by atoms with Gasteiger partial charge in [-0.15, -0.1) is 0 Å². The van der Waals surface area contributed by atoms with Gasteiger partial charge in [-0.1, -0.05) is 20.1 Å². The highest BCUT2D eigenvalue weighted by Crippen LogP contribution is 2.09. The largest absolute Gasteiger partial charge is 0.497 e. The predicted molar refractivity (Wildman–Crippen MR) is 50.4 cm³/mol. The van der Waals surface area contributed by atoms with Crippen LogP contribution >= 0.6 is 0 Å². The summed E-state index contributed by atoms with van der Waals surface area (Å²) in [6.45, 7) is 11.2. The van der Waals surface area contributed by atoms with Gasteiger partial charge in [0.25, 0.3) is 0 Å². The van der Waals surface area contributed by atoms with Crippen LogP contribution in [0.15, 0.2) is 36.5 Å². The minimum absolute atomic E-state index is 0.610. The molecular weight excluding hydrogens is 152 g/mol. The topological polar surface area (TPSA) is 18.5 Å². The monoisotopic (exact) mass is 168 g/mol. The number of rotatable bonds is 5. The molecule has 0 aromatic carbocycles. The predicted octanol–water partition coefficient (Wildman–Crippen LogP) is 2.99. The van der Waals surface area contributed by atoms with Crippen LogP contribution in [0.2, 0.25) is 0 Å². The molecule has 0 aliphatic rings. The van der Waals surface area contributed by atoms with Crippen molar-refractivity contribution in [1.29, 1.82) is 0 Å². The molecule has 68 valence electrons. The molecule has 0 fully saturated rings. The molecule has 0 rings (SSSR count). The molecule has 2 heteroatoms. The average Bonchev–Trinajstić information content (AvgIpc) is 2.11.